The summed E-state index contributed by atoms with van der Waals surface area (Å²) in [5.74, 6) is 0.749. The monoisotopic (exact) mass is 394 g/mol. The Morgan fingerprint density at radius 1 is 1.18 bits per heavy atom. The zero-order valence-corrected chi connectivity index (χ0v) is 17.0. The number of thiazole rings is 1. The van der Waals surface area contributed by atoms with Crippen molar-refractivity contribution in [1.29, 1.82) is 0 Å². The van der Waals surface area contributed by atoms with E-state index in [4.69, 9.17) is 4.74 Å². The summed E-state index contributed by atoms with van der Waals surface area (Å²) >= 11 is 1.54. The van der Waals surface area contributed by atoms with Gasteiger partial charge in [0.1, 0.15) is 5.75 Å². The van der Waals surface area contributed by atoms with E-state index in [1.165, 1.54) is 24.2 Å². The average Bonchev–Trinajstić information content (AvgIpc) is 3.19. The van der Waals surface area contributed by atoms with Gasteiger partial charge in [0.25, 0.3) is 5.91 Å². The number of benzene rings is 2. The minimum atomic E-state index is -0.0844. The average molecular weight is 395 g/mol. The van der Waals surface area contributed by atoms with Crippen LogP contribution in [-0.2, 0) is 6.54 Å². The summed E-state index contributed by atoms with van der Waals surface area (Å²) in [5.41, 5.74) is 4.38. The zero-order chi connectivity index (χ0) is 19.6. The lowest BCUT2D eigenvalue weighted by Gasteiger charge is -2.09. The third kappa shape index (κ3) is 5.92. The standard InChI is InChI=1S/C23H26N2O2S/c1-2-3-4-5-6-7-13-27-20-10-8-9-18(14-20)16-24-23(26)19-11-12-21-22(15-19)28-17-25-21/h5-6,8-12,14-15,17H,2-4,7,13,16H2,1H3,(H,24,26). The van der Waals surface area contributed by atoms with Crippen LogP contribution in [0.2, 0.25) is 0 Å². The Kier molecular flexibility index (Phi) is 7.62. The van der Waals surface area contributed by atoms with Crippen molar-refractivity contribution in [2.45, 2.75) is 39.2 Å². The molecule has 0 radical (unpaired) electrons. The second-order valence-corrected chi connectivity index (χ2v) is 7.50. The van der Waals surface area contributed by atoms with Crippen molar-refractivity contribution >= 4 is 27.5 Å². The van der Waals surface area contributed by atoms with Crippen LogP contribution in [0.3, 0.4) is 0 Å². The number of hydrogen-bond donors (Lipinski definition) is 1. The molecule has 4 nitrogen and oxygen atoms in total. The van der Waals surface area contributed by atoms with Gasteiger partial charge in [-0.1, -0.05) is 44.1 Å². The van der Waals surface area contributed by atoms with Gasteiger partial charge in [0.2, 0.25) is 0 Å². The van der Waals surface area contributed by atoms with E-state index in [0.717, 1.165) is 34.4 Å². The van der Waals surface area contributed by atoms with Gasteiger partial charge in [-0.05, 0) is 48.7 Å². The minimum Gasteiger partial charge on any atom is -0.493 e. The highest BCUT2D eigenvalue weighted by atomic mass is 32.1. The van der Waals surface area contributed by atoms with Crippen LogP contribution in [0.25, 0.3) is 10.2 Å². The molecule has 2 aromatic carbocycles. The summed E-state index contributed by atoms with van der Waals surface area (Å²) < 4.78 is 6.83. The molecule has 0 unspecified atom stereocenters. The van der Waals surface area contributed by atoms with Crippen LogP contribution < -0.4 is 10.1 Å². The summed E-state index contributed by atoms with van der Waals surface area (Å²) in [5, 5.41) is 2.97. The minimum absolute atomic E-state index is 0.0844. The van der Waals surface area contributed by atoms with Crippen molar-refractivity contribution in [3.8, 4) is 5.75 Å². The highest BCUT2D eigenvalue weighted by Crippen LogP contribution is 2.19. The summed E-state index contributed by atoms with van der Waals surface area (Å²) in [6, 6.07) is 13.4. The molecule has 0 aliphatic heterocycles. The molecule has 146 valence electrons. The van der Waals surface area contributed by atoms with E-state index in [9.17, 15) is 4.79 Å². The fourth-order valence-corrected chi connectivity index (χ4v) is 3.54. The smallest absolute Gasteiger partial charge is 0.251 e. The molecule has 1 heterocycles. The fourth-order valence-electron chi connectivity index (χ4n) is 2.83. The Balaban J connectivity index is 1.47. The number of fused-ring (bicyclic) bond motifs is 1. The van der Waals surface area contributed by atoms with Crippen LogP contribution in [0.1, 0.15) is 48.5 Å². The third-order valence-corrected chi connectivity index (χ3v) is 5.18. The number of amides is 1. The van der Waals surface area contributed by atoms with E-state index in [-0.39, 0.29) is 5.91 Å². The number of hydrogen-bond acceptors (Lipinski definition) is 4. The SMILES string of the molecule is CCCCC=CCCOc1cccc(CNC(=O)c2ccc3ncsc3c2)c1. The number of unbranched alkanes of at least 4 members (excludes halogenated alkanes) is 2. The molecule has 3 rings (SSSR count). The molecule has 5 heteroatoms. The maximum atomic E-state index is 12.4. The predicted molar refractivity (Wildman–Crippen MR) is 116 cm³/mol. The Hall–Kier alpha value is -2.66. The van der Waals surface area contributed by atoms with Crippen molar-refractivity contribution in [3.05, 3.63) is 71.3 Å². The van der Waals surface area contributed by atoms with Crippen LogP contribution in [0.4, 0.5) is 0 Å². The maximum Gasteiger partial charge on any atom is 0.251 e. The van der Waals surface area contributed by atoms with Gasteiger partial charge in [-0.25, -0.2) is 4.98 Å². The largest absolute Gasteiger partial charge is 0.493 e. The molecule has 0 aliphatic rings. The lowest BCUT2D eigenvalue weighted by atomic mass is 10.2. The summed E-state index contributed by atoms with van der Waals surface area (Å²) in [4.78, 5) is 16.7. The van der Waals surface area contributed by atoms with Crippen LogP contribution >= 0.6 is 11.3 Å². The van der Waals surface area contributed by atoms with E-state index in [1.54, 1.807) is 5.51 Å². The van der Waals surface area contributed by atoms with Gasteiger partial charge >= 0.3 is 0 Å². The number of carbonyl (C=O) groups is 1. The lowest BCUT2D eigenvalue weighted by molar-refractivity contribution is 0.0951. The molecular formula is C23H26N2O2S. The molecule has 28 heavy (non-hydrogen) atoms. The van der Waals surface area contributed by atoms with Gasteiger partial charge in [-0.3, -0.25) is 4.79 Å². The first-order valence-corrected chi connectivity index (χ1v) is 10.6. The first kappa shape index (κ1) is 20.1. The highest BCUT2D eigenvalue weighted by molar-refractivity contribution is 7.16. The number of allylic oxidation sites excluding steroid dienone is 1. The second kappa shape index (κ2) is 10.6. The molecule has 0 saturated carbocycles. The van der Waals surface area contributed by atoms with Gasteiger partial charge in [-0.2, -0.15) is 0 Å². The summed E-state index contributed by atoms with van der Waals surface area (Å²) in [6.45, 7) is 3.33. The van der Waals surface area contributed by atoms with Crippen LogP contribution in [-0.4, -0.2) is 17.5 Å². The van der Waals surface area contributed by atoms with Gasteiger partial charge < -0.3 is 10.1 Å². The van der Waals surface area contributed by atoms with E-state index < -0.39 is 0 Å². The van der Waals surface area contributed by atoms with E-state index in [0.29, 0.717) is 18.7 Å². The number of ether oxygens (including phenoxy) is 1. The maximum absolute atomic E-state index is 12.4. The van der Waals surface area contributed by atoms with Gasteiger partial charge in [0.15, 0.2) is 0 Å². The molecule has 1 N–H and O–H groups in total. The Bertz CT molecular complexity index is 933. The third-order valence-electron chi connectivity index (χ3n) is 4.39. The van der Waals surface area contributed by atoms with Gasteiger partial charge in [-0.15, -0.1) is 11.3 Å². The molecule has 0 atom stereocenters. The Labute approximate surface area is 170 Å². The predicted octanol–water partition coefficient (Wildman–Crippen LogP) is 5.74. The van der Waals surface area contributed by atoms with E-state index in [2.05, 4.69) is 29.4 Å². The Morgan fingerprint density at radius 2 is 2.07 bits per heavy atom. The van der Waals surface area contributed by atoms with Crippen LogP contribution in [0.15, 0.2) is 60.1 Å². The molecule has 0 bridgehead atoms. The molecule has 0 saturated heterocycles. The first-order chi connectivity index (χ1) is 13.8. The number of nitrogens with zero attached hydrogens (tertiary/aromatic N) is 1. The van der Waals surface area contributed by atoms with E-state index >= 15 is 0 Å². The van der Waals surface area contributed by atoms with E-state index in [1.807, 2.05) is 42.5 Å². The van der Waals surface area contributed by atoms with Gasteiger partial charge in [0, 0.05) is 12.1 Å². The highest BCUT2D eigenvalue weighted by Gasteiger charge is 2.07. The molecule has 0 aliphatic carbocycles. The van der Waals surface area contributed by atoms with Crippen molar-refractivity contribution in [2.75, 3.05) is 6.61 Å². The normalized spacial score (nSPS) is 11.2. The molecule has 0 spiro atoms. The number of rotatable bonds is 10. The fraction of sp³-hybridized carbons (Fsp3) is 0.304. The first-order valence-electron chi connectivity index (χ1n) is 9.74. The second-order valence-electron chi connectivity index (χ2n) is 6.62. The van der Waals surface area contributed by atoms with Crippen molar-refractivity contribution in [1.82, 2.24) is 10.3 Å². The van der Waals surface area contributed by atoms with Crippen LogP contribution in [0.5, 0.6) is 5.75 Å². The quantitative estimate of drug-likeness (QED) is 0.352. The van der Waals surface area contributed by atoms with Gasteiger partial charge in [0.05, 0.1) is 22.3 Å². The number of nitrogens with one attached hydrogen (secondary N) is 1. The topological polar surface area (TPSA) is 51.2 Å². The van der Waals surface area contributed by atoms with Crippen molar-refractivity contribution < 1.29 is 9.53 Å². The molecule has 1 aromatic heterocycles. The Morgan fingerprint density at radius 3 is 2.96 bits per heavy atom. The van der Waals surface area contributed by atoms with Crippen molar-refractivity contribution in [3.63, 3.8) is 0 Å². The van der Waals surface area contributed by atoms with Crippen molar-refractivity contribution in [2.24, 2.45) is 0 Å². The molecule has 1 amide bonds. The number of aromatic nitrogens is 1. The summed E-state index contributed by atoms with van der Waals surface area (Å²) in [6.07, 6.45) is 8.92. The summed E-state index contributed by atoms with van der Waals surface area (Å²) in [7, 11) is 0. The van der Waals surface area contributed by atoms with Crippen LogP contribution in [0, 0.1) is 0 Å². The zero-order valence-electron chi connectivity index (χ0n) is 16.2. The molecule has 0 fully saturated rings. The molecule has 3 aromatic rings. The lowest BCUT2D eigenvalue weighted by Crippen LogP contribution is -2.22. The number of carbonyl (C=O) groups excluding carboxylic acids is 1. The molecular weight excluding hydrogens is 368 g/mol.